The van der Waals surface area contributed by atoms with Crippen LogP contribution >= 0.6 is 0 Å². The summed E-state index contributed by atoms with van der Waals surface area (Å²) in [5.74, 6) is 2.77. The molecular formula is C23H24ClNO5. The van der Waals surface area contributed by atoms with Crippen LogP contribution in [0, 0.1) is 0 Å². The van der Waals surface area contributed by atoms with E-state index in [1.165, 1.54) is 0 Å². The van der Waals surface area contributed by atoms with Gasteiger partial charge in [0.1, 0.15) is 0 Å². The summed E-state index contributed by atoms with van der Waals surface area (Å²) >= 11 is 0. The smallest absolute Gasteiger partial charge is 0.252 e. The summed E-state index contributed by atoms with van der Waals surface area (Å²) in [5.41, 5.74) is 1.05. The summed E-state index contributed by atoms with van der Waals surface area (Å²) in [5, 5.41) is 5.29. The Morgan fingerprint density at radius 1 is 0.633 bits per heavy atom. The zero-order valence-corrected chi connectivity index (χ0v) is 18.4. The van der Waals surface area contributed by atoms with Crippen molar-refractivity contribution in [1.82, 2.24) is 0 Å². The second-order valence-electron chi connectivity index (χ2n) is 6.70. The second kappa shape index (κ2) is 8.81. The van der Waals surface area contributed by atoms with Gasteiger partial charge < -0.3 is 36.1 Å². The fourth-order valence-electron chi connectivity index (χ4n) is 3.87. The maximum atomic E-state index is 5.55. The SMILES string of the molecule is COC[n+]1cc2cc(OC)c(OC)cc2c2ccc3cc(OC)c(OC)cc3c21.[Cl-]. The van der Waals surface area contributed by atoms with Gasteiger partial charge >= 0.3 is 0 Å². The molecule has 0 saturated carbocycles. The van der Waals surface area contributed by atoms with Gasteiger partial charge in [-0.15, -0.1) is 0 Å². The highest BCUT2D eigenvalue weighted by atomic mass is 35.5. The zero-order chi connectivity index (χ0) is 20.5. The van der Waals surface area contributed by atoms with Gasteiger partial charge in [0.25, 0.3) is 6.73 Å². The third-order valence-corrected chi connectivity index (χ3v) is 5.19. The third kappa shape index (κ3) is 3.42. The Morgan fingerprint density at radius 2 is 1.17 bits per heavy atom. The minimum Gasteiger partial charge on any atom is -1.00 e. The highest BCUT2D eigenvalue weighted by molar-refractivity contribution is 6.14. The molecule has 0 radical (unpaired) electrons. The molecule has 7 heteroatoms. The van der Waals surface area contributed by atoms with E-state index >= 15 is 0 Å². The van der Waals surface area contributed by atoms with Gasteiger partial charge in [-0.2, -0.15) is 4.57 Å². The predicted molar refractivity (Wildman–Crippen MR) is 112 cm³/mol. The molecule has 0 fully saturated rings. The summed E-state index contributed by atoms with van der Waals surface area (Å²) in [6.45, 7) is 0.411. The van der Waals surface area contributed by atoms with Crippen molar-refractivity contribution in [3.05, 3.63) is 42.6 Å². The monoisotopic (exact) mass is 429 g/mol. The molecule has 1 aromatic heterocycles. The first-order valence-electron chi connectivity index (χ1n) is 9.20. The number of fused-ring (bicyclic) bond motifs is 5. The van der Waals surface area contributed by atoms with Gasteiger partial charge in [0, 0.05) is 12.5 Å². The van der Waals surface area contributed by atoms with Crippen LogP contribution in [0.4, 0.5) is 0 Å². The Balaban J connectivity index is 0.00000256. The highest BCUT2D eigenvalue weighted by Crippen LogP contribution is 2.39. The summed E-state index contributed by atoms with van der Waals surface area (Å²) in [4.78, 5) is 0. The average molecular weight is 430 g/mol. The molecule has 0 amide bonds. The molecule has 0 aliphatic rings. The quantitative estimate of drug-likeness (QED) is 0.339. The molecule has 0 unspecified atom stereocenters. The Bertz CT molecular complexity index is 1230. The molecule has 3 aromatic carbocycles. The lowest BCUT2D eigenvalue weighted by Gasteiger charge is -2.13. The number of methoxy groups -OCH3 is 5. The number of ether oxygens (including phenoxy) is 5. The molecule has 0 spiro atoms. The van der Waals surface area contributed by atoms with E-state index in [9.17, 15) is 0 Å². The molecule has 0 aliphatic heterocycles. The van der Waals surface area contributed by atoms with Crippen molar-refractivity contribution in [3.63, 3.8) is 0 Å². The van der Waals surface area contributed by atoms with E-state index in [4.69, 9.17) is 23.7 Å². The lowest BCUT2D eigenvalue weighted by Crippen LogP contribution is -3.00. The highest BCUT2D eigenvalue weighted by Gasteiger charge is 2.20. The van der Waals surface area contributed by atoms with E-state index in [-0.39, 0.29) is 12.4 Å². The lowest BCUT2D eigenvalue weighted by atomic mass is 10.00. The fourth-order valence-corrected chi connectivity index (χ4v) is 3.87. The van der Waals surface area contributed by atoms with Gasteiger partial charge in [-0.1, -0.05) is 6.07 Å². The largest absolute Gasteiger partial charge is 1.00 e. The minimum atomic E-state index is 0. The van der Waals surface area contributed by atoms with Crippen LogP contribution in [-0.2, 0) is 11.5 Å². The molecule has 1 heterocycles. The van der Waals surface area contributed by atoms with Crippen molar-refractivity contribution in [3.8, 4) is 23.0 Å². The number of nitrogens with zero attached hydrogens (tertiary/aromatic N) is 1. The summed E-state index contributed by atoms with van der Waals surface area (Å²) in [6.07, 6.45) is 2.07. The van der Waals surface area contributed by atoms with Gasteiger partial charge in [-0.25, -0.2) is 0 Å². The Morgan fingerprint density at radius 3 is 1.73 bits per heavy atom. The van der Waals surface area contributed by atoms with Crippen LogP contribution in [-0.4, -0.2) is 35.5 Å². The van der Waals surface area contributed by atoms with E-state index in [1.807, 2.05) is 24.3 Å². The van der Waals surface area contributed by atoms with Crippen molar-refractivity contribution in [2.24, 2.45) is 0 Å². The number of pyridine rings is 1. The summed E-state index contributed by atoms with van der Waals surface area (Å²) in [6, 6.07) is 12.2. The standard InChI is InChI=1S/C23H24NO5.ClH/c1-25-13-24-12-15-9-20(27-3)21(28-4)10-17(15)16-7-6-14-8-19(26-2)22(29-5)11-18(14)23(16)24;/h6-12H,13H2,1-5H3;1H/q+1;/p-1. The van der Waals surface area contributed by atoms with Gasteiger partial charge in [-0.05, 0) is 35.7 Å². The first-order chi connectivity index (χ1) is 14.1. The van der Waals surface area contributed by atoms with Crippen molar-refractivity contribution >= 4 is 32.4 Å². The van der Waals surface area contributed by atoms with E-state index < -0.39 is 0 Å². The molecule has 4 rings (SSSR count). The molecule has 0 saturated heterocycles. The lowest BCUT2D eigenvalue weighted by molar-refractivity contribution is -0.705. The number of hydrogen-bond donors (Lipinski definition) is 0. The zero-order valence-electron chi connectivity index (χ0n) is 17.6. The predicted octanol–water partition coefficient (Wildman–Crippen LogP) is 1.08. The van der Waals surface area contributed by atoms with Crippen molar-refractivity contribution < 1.29 is 40.7 Å². The number of hydrogen-bond acceptors (Lipinski definition) is 5. The van der Waals surface area contributed by atoms with Crippen LogP contribution in [0.15, 0.2) is 42.6 Å². The average Bonchev–Trinajstić information content (AvgIpc) is 2.76. The third-order valence-electron chi connectivity index (χ3n) is 5.19. The number of benzene rings is 3. The minimum absolute atomic E-state index is 0. The van der Waals surface area contributed by atoms with E-state index in [0.29, 0.717) is 29.7 Å². The maximum Gasteiger partial charge on any atom is 0.252 e. The van der Waals surface area contributed by atoms with Crippen LogP contribution in [0.3, 0.4) is 0 Å². The summed E-state index contributed by atoms with van der Waals surface area (Å²) in [7, 11) is 8.26. The molecule has 0 atom stereocenters. The molecule has 0 aliphatic carbocycles. The Kier molecular flexibility index (Phi) is 6.39. The van der Waals surface area contributed by atoms with E-state index in [0.717, 1.165) is 32.4 Å². The maximum absolute atomic E-state index is 5.55. The van der Waals surface area contributed by atoms with Gasteiger partial charge in [0.2, 0.25) is 5.52 Å². The Labute approximate surface area is 181 Å². The van der Waals surface area contributed by atoms with E-state index in [2.05, 4.69) is 22.9 Å². The molecule has 0 bridgehead atoms. The summed E-state index contributed by atoms with van der Waals surface area (Å²) < 4.78 is 29.6. The van der Waals surface area contributed by atoms with E-state index in [1.54, 1.807) is 35.5 Å². The molecule has 30 heavy (non-hydrogen) atoms. The number of rotatable bonds is 6. The molecular weight excluding hydrogens is 406 g/mol. The normalized spacial score (nSPS) is 10.8. The van der Waals surface area contributed by atoms with Crippen LogP contribution in [0.2, 0.25) is 0 Å². The van der Waals surface area contributed by atoms with Crippen molar-refractivity contribution in [2.45, 2.75) is 6.73 Å². The van der Waals surface area contributed by atoms with Crippen LogP contribution in [0.25, 0.3) is 32.4 Å². The fraction of sp³-hybridized carbons (Fsp3) is 0.261. The Hall–Kier alpha value is -2.96. The van der Waals surface area contributed by atoms with Gasteiger partial charge in [0.15, 0.2) is 29.2 Å². The number of halogens is 1. The molecule has 0 N–H and O–H groups in total. The van der Waals surface area contributed by atoms with Crippen LogP contribution < -0.4 is 35.9 Å². The first kappa shape index (κ1) is 21.7. The van der Waals surface area contributed by atoms with Crippen molar-refractivity contribution in [2.75, 3.05) is 35.5 Å². The van der Waals surface area contributed by atoms with Crippen LogP contribution in [0.1, 0.15) is 0 Å². The second-order valence-corrected chi connectivity index (χ2v) is 6.70. The first-order valence-corrected chi connectivity index (χ1v) is 9.20. The van der Waals surface area contributed by atoms with Crippen LogP contribution in [0.5, 0.6) is 23.0 Å². The molecule has 6 nitrogen and oxygen atoms in total. The molecule has 158 valence electrons. The topological polar surface area (TPSA) is 50.0 Å². The van der Waals surface area contributed by atoms with Crippen molar-refractivity contribution in [1.29, 1.82) is 0 Å². The van der Waals surface area contributed by atoms with Gasteiger partial charge in [0.05, 0.1) is 44.6 Å². The van der Waals surface area contributed by atoms with Gasteiger partial charge in [-0.3, -0.25) is 0 Å². The molecule has 4 aromatic rings. The number of aromatic nitrogens is 1.